The number of carbonyl (C=O) groups excluding carboxylic acids is 2. The van der Waals surface area contributed by atoms with Crippen LogP contribution in [0.25, 0.3) is 0 Å². The number of phenols is 2. The molecule has 4 nitrogen and oxygen atoms in total. The summed E-state index contributed by atoms with van der Waals surface area (Å²) in [7, 11) is 0. The van der Waals surface area contributed by atoms with Crippen molar-refractivity contribution < 1.29 is 19.8 Å². The van der Waals surface area contributed by atoms with Gasteiger partial charge in [0.1, 0.15) is 11.5 Å². The fraction of sp³-hybridized carbons (Fsp3) is 0. The number of benzene rings is 2. The number of carbonyl (C=O) groups is 2. The van der Waals surface area contributed by atoms with E-state index in [0.717, 1.165) is 0 Å². The molecule has 0 saturated carbocycles. The van der Waals surface area contributed by atoms with Crippen molar-refractivity contribution in [2.75, 3.05) is 0 Å². The second kappa shape index (κ2) is 8.50. The molecule has 0 aliphatic carbocycles. The van der Waals surface area contributed by atoms with Crippen LogP contribution in [-0.2, 0) is 0 Å². The van der Waals surface area contributed by atoms with Gasteiger partial charge in [-0.1, -0.05) is 24.3 Å². The van der Waals surface area contributed by atoms with Crippen LogP contribution in [-0.4, -0.2) is 76.4 Å². The molecule has 6 heteroatoms. The van der Waals surface area contributed by atoms with Crippen molar-refractivity contribution >= 4 is 66.2 Å². The van der Waals surface area contributed by atoms with Crippen LogP contribution in [0.4, 0.5) is 0 Å². The predicted octanol–water partition coefficient (Wildman–Crippen LogP) is 1.40. The summed E-state index contributed by atoms with van der Waals surface area (Å²) in [6.45, 7) is 0. The van der Waals surface area contributed by atoms with Crippen LogP contribution in [0.15, 0.2) is 48.5 Å². The van der Waals surface area contributed by atoms with E-state index in [-0.39, 0.29) is 77.2 Å². The third kappa shape index (κ3) is 4.65. The van der Waals surface area contributed by atoms with E-state index in [2.05, 4.69) is 0 Å². The molecule has 0 saturated heterocycles. The van der Waals surface area contributed by atoms with Gasteiger partial charge in [-0.2, -0.15) is 0 Å². The minimum absolute atomic E-state index is 0. The maximum Gasteiger partial charge on any atom is 0.233 e. The number of aromatic hydroxyl groups is 2. The quantitative estimate of drug-likeness (QED) is 0.300. The minimum atomic E-state index is -0.725. The molecule has 0 amide bonds. The Morgan fingerprint density at radius 3 is 1.35 bits per heavy atom. The molecule has 0 aromatic heterocycles. The van der Waals surface area contributed by atoms with Crippen LogP contribution < -0.4 is 0 Å². The number of phenolic OH excluding ortho intramolecular Hbond substituents is 2. The van der Waals surface area contributed by atoms with E-state index in [1.54, 1.807) is 0 Å². The molecule has 0 unspecified atom stereocenters. The first kappa shape index (κ1) is 19.2. The summed E-state index contributed by atoms with van der Waals surface area (Å²) >= 11 is 0. The van der Waals surface area contributed by atoms with Gasteiger partial charge in [-0.3, -0.25) is 9.59 Å². The Labute approximate surface area is 156 Å². The van der Waals surface area contributed by atoms with Gasteiger partial charge in [-0.15, -0.1) is 0 Å². The van der Waals surface area contributed by atoms with Crippen molar-refractivity contribution in [2.24, 2.45) is 0 Å². The molecular weight excluding hydrogens is 641 g/mol. The molecule has 2 radical (unpaired) electrons. The maximum absolute atomic E-state index is 11.9. The summed E-state index contributed by atoms with van der Waals surface area (Å²) in [5.74, 6) is -1.61. The summed E-state index contributed by atoms with van der Waals surface area (Å²) in [5.41, 5.74) is 0.228. The van der Waals surface area contributed by atoms with Crippen LogP contribution in [0.1, 0.15) is 20.7 Å². The fourth-order valence-corrected chi connectivity index (χ4v) is 1.56. The average molecular weight is 651 g/mol. The Morgan fingerprint density at radius 1 is 0.700 bits per heavy atom. The molecule has 2 aromatic rings. The van der Waals surface area contributed by atoms with E-state index in [0.29, 0.717) is 0 Å². The normalized spacial score (nSPS) is 9.00. The molecule has 0 bridgehead atoms. The van der Waals surface area contributed by atoms with Crippen LogP contribution in [0, 0.1) is 0 Å². The first-order valence-corrected chi connectivity index (χ1v) is 5.25. The maximum atomic E-state index is 11.9. The molecule has 0 aliphatic rings. The van der Waals surface area contributed by atoms with E-state index < -0.39 is 11.6 Å². The molecular formula is C14H10O4Tl2. The predicted molar refractivity (Wildman–Crippen MR) is 76.4 cm³/mol. The van der Waals surface area contributed by atoms with Gasteiger partial charge >= 0.3 is 0 Å². The second-order valence-corrected chi connectivity index (χ2v) is 3.76. The third-order valence-electron chi connectivity index (χ3n) is 2.42. The summed E-state index contributed by atoms with van der Waals surface area (Å²) < 4.78 is 0. The molecule has 0 atom stereocenters. The largest absolute Gasteiger partial charge is 0.508 e. The van der Waals surface area contributed by atoms with Gasteiger partial charge in [0.05, 0.1) is 0 Å². The Hall–Kier alpha value is -0.776. The summed E-state index contributed by atoms with van der Waals surface area (Å²) in [5, 5.41) is 18.5. The Bertz CT molecular complexity index is 571. The minimum Gasteiger partial charge on any atom is -0.508 e. The van der Waals surface area contributed by atoms with Gasteiger partial charge < -0.3 is 10.2 Å². The van der Waals surface area contributed by atoms with Crippen LogP contribution in [0.5, 0.6) is 11.5 Å². The zero-order valence-electron chi connectivity index (χ0n) is 10.5. The molecule has 20 heavy (non-hydrogen) atoms. The molecule has 2 rings (SSSR count). The molecule has 0 aliphatic heterocycles. The summed E-state index contributed by atoms with van der Waals surface area (Å²) in [6, 6.07) is 11.1. The van der Waals surface area contributed by atoms with Crippen molar-refractivity contribution in [3.8, 4) is 11.5 Å². The zero-order valence-corrected chi connectivity index (χ0v) is 19.5. The molecule has 0 fully saturated rings. The number of Topliss-reactive ketones (excluding diaryl/α,β-unsaturated/α-hetero) is 2. The second-order valence-electron chi connectivity index (χ2n) is 3.76. The van der Waals surface area contributed by atoms with Crippen LogP contribution in [0.3, 0.4) is 0 Å². The zero-order chi connectivity index (χ0) is 13.1. The van der Waals surface area contributed by atoms with Gasteiger partial charge in [-0.25, -0.2) is 0 Å². The Kier molecular flexibility index (Phi) is 8.17. The van der Waals surface area contributed by atoms with Crippen molar-refractivity contribution in [1.82, 2.24) is 0 Å². The number of hydrogen-bond acceptors (Lipinski definition) is 4. The first-order valence-electron chi connectivity index (χ1n) is 5.25. The number of ketones is 2. The van der Waals surface area contributed by atoms with E-state index in [1.165, 1.54) is 48.5 Å². The molecule has 2 N–H and O–H groups in total. The summed E-state index contributed by atoms with van der Waals surface area (Å²) in [4.78, 5) is 23.7. The number of hydrogen-bond donors (Lipinski definition) is 2. The van der Waals surface area contributed by atoms with E-state index >= 15 is 0 Å². The Morgan fingerprint density at radius 2 is 1.05 bits per heavy atom. The Balaban J connectivity index is 0.00000180. The van der Waals surface area contributed by atoms with Gasteiger partial charge in [-0.05, 0) is 24.3 Å². The van der Waals surface area contributed by atoms with E-state index in [9.17, 15) is 19.8 Å². The van der Waals surface area contributed by atoms with Gasteiger partial charge in [0, 0.05) is 65.7 Å². The van der Waals surface area contributed by atoms with Gasteiger partial charge in [0.2, 0.25) is 11.6 Å². The van der Waals surface area contributed by atoms with Gasteiger partial charge in [0.25, 0.3) is 0 Å². The van der Waals surface area contributed by atoms with Crippen LogP contribution in [0.2, 0.25) is 0 Å². The smallest absolute Gasteiger partial charge is 0.233 e. The molecule has 0 spiro atoms. The van der Waals surface area contributed by atoms with E-state index in [1.807, 2.05) is 0 Å². The van der Waals surface area contributed by atoms with Crippen molar-refractivity contribution in [3.05, 3.63) is 59.7 Å². The average Bonchev–Trinajstić information content (AvgIpc) is 2.37. The van der Waals surface area contributed by atoms with Crippen LogP contribution >= 0.6 is 0 Å². The summed E-state index contributed by atoms with van der Waals surface area (Å²) in [6.07, 6.45) is 0. The first-order chi connectivity index (χ1) is 8.58. The van der Waals surface area contributed by atoms with E-state index in [4.69, 9.17) is 0 Å². The fourth-order valence-electron chi connectivity index (χ4n) is 1.56. The van der Waals surface area contributed by atoms with Crippen molar-refractivity contribution in [1.29, 1.82) is 0 Å². The SMILES string of the molecule is O=C(C(=O)c1cccc(O)c1)c1cccc(O)c1.[Tl].[Tl]. The topological polar surface area (TPSA) is 74.6 Å². The third-order valence-corrected chi connectivity index (χ3v) is 2.42. The number of rotatable bonds is 3. The standard InChI is InChI=1S/C14H10O4.2Tl/c15-11-5-1-3-9(7-11)13(17)14(18)10-4-2-6-12(16)8-10;;/h1-8,15-16H;;. The molecule has 96 valence electrons. The van der Waals surface area contributed by atoms with Crippen molar-refractivity contribution in [2.45, 2.75) is 0 Å². The van der Waals surface area contributed by atoms with Gasteiger partial charge in [0.15, 0.2) is 0 Å². The monoisotopic (exact) mass is 652 g/mol. The van der Waals surface area contributed by atoms with Crippen molar-refractivity contribution in [3.63, 3.8) is 0 Å². The molecule has 2 aromatic carbocycles. The molecule has 0 heterocycles.